The molecule has 0 spiro atoms. The summed E-state index contributed by atoms with van der Waals surface area (Å²) in [5.74, 6) is 0. The van der Waals surface area contributed by atoms with Gasteiger partial charge in [-0.3, -0.25) is 4.79 Å². The molecule has 5 heteroatoms. The number of piperazine rings is 1. The molecule has 0 atom stereocenters. The van der Waals surface area contributed by atoms with Gasteiger partial charge in [-0.15, -0.1) is 0 Å². The van der Waals surface area contributed by atoms with E-state index in [2.05, 4.69) is 23.9 Å². The van der Waals surface area contributed by atoms with Crippen LogP contribution in [0.25, 0.3) is 0 Å². The van der Waals surface area contributed by atoms with Crippen molar-refractivity contribution in [1.29, 1.82) is 0 Å². The van der Waals surface area contributed by atoms with Crippen LogP contribution in [0.5, 0.6) is 0 Å². The molecular weight excluding hydrogens is 230 g/mol. The van der Waals surface area contributed by atoms with Gasteiger partial charge in [0.25, 0.3) is 0 Å². The number of carbonyl (C=O) groups excluding carboxylic acids is 1. The van der Waals surface area contributed by atoms with Gasteiger partial charge < -0.3 is 19.4 Å². The van der Waals surface area contributed by atoms with E-state index in [-0.39, 0.29) is 0 Å². The number of likely N-dealkylation sites (N-methyl/N-ethyl adjacent to an activating group) is 2. The van der Waals surface area contributed by atoms with Crippen molar-refractivity contribution in [3.8, 4) is 0 Å². The van der Waals surface area contributed by atoms with Crippen molar-refractivity contribution in [2.24, 2.45) is 0 Å². The van der Waals surface area contributed by atoms with Gasteiger partial charge in [-0.1, -0.05) is 13.8 Å². The summed E-state index contributed by atoms with van der Waals surface area (Å²) in [5, 5.41) is 0. The third-order valence-electron chi connectivity index (χ3n) is 2.92. The summed E-state index contributed by atoms with van der Waals surface area (Å²) in [6.45, 7) is 11.8. The van der Waals surface area contributed by atoms with Gasteiger partial charge in [0.1, 0.15) is 0 Å². The van der Waals surface area contributed by atoms with Crippen LogP contribution in [0.15, 0.2) is 0 Å². The summed E-state index contributed by atoms with van der Waals surface area (Å²) in [5.41, 5.74) is 0. The first-order chi connectivity index (χ1) is 8.72. The van der Waals surface area contributed by atoms with Crippen LogP contribution in [0, 0.1) is 0 Å². The zero-order valence-corrected chi connectivity index (χ0v) is 12.4. The minimum Gasteiger partial charge on any atom is -0.379 e. The SMILES string of the molecule is CC.CN1CCN(C=O)CC1.CN1CCOCC1. The lowest BCUT2D eigenvalue weighted by Gasteiger charge is -2.29. The molecule has 0 aliphatic carbocycles. The van der Waals surface area contributed by atoms with Gasteiger partial charge in [-0.25, -0.2) is 0 Å². The van der Waals surface area contributed by atoms with E-state index >= 15 is 0 Å². The molecule has 18 heavy (non-hydrogen) atoms. The maximum Gasteiger partial charge on any atom is 0.209 e. The molecule has 2 aliphatic rings. The summed E-state index contributed by atoms with van der Waals surface area (Å²) in [6, 6.07) is 0. The normalized spacial score (nSPS) is 21.2. The van der Waals surface area contributed by atoms with E-state index in [0.717, 1.165) is 58.9 Å². The van der Waals surface area contributed by atoms with Crippen LogP contribution < -0.4 is 0 Å². The Kier molecular flexibility index (Phi) is 11.0. The quantitative estimate of drug-likeness (QED) is 0.637. The molecule has 2 fully saturated rings. The first kappa shape index (κ1) is 17.4. The van der Waals surface area contributed by atoms with E-state index < -0.39 is 0 Å². The summed E-state index contributed by atoms with van der Waals surface area (Å²) in [4.78, 5) is 16.5. The summed E-state index contributed by atoms with van der Waals surface area (Å²) in [6.07, 6.45) is 0.924. The van der Waals surface area contributed by atoms with E-state index in [0.29, 0.717) is 0 Å². The van der Waals surface area contributed by atoms with Gasteiger partial charge >= 0.3 is 0 Å². The second-order valence-corrected chi connectivity index (χ2v) is 4.36. The number of nitrogens with zero attached hydrogens (tertiary/aromatic N) is 3. The minimum absolute atomic E-state index is 0.889. The van der Waals surface area contributed by atoms with Gasteiger partial charge in [0.15, 0.2) is 0 Å². The van der Waals surface area contributed by atoms with Crippen LogP contribution in [0.3, 0.4) is 0 Å². The number of hydrogen-bond acceptors (Lipinski definition) is 4. The van der Waals surface area contributed by atoms with Crippen molar-refractivity contribution < 1.29 is 9.53 Å². The van der Waals surface area contributed by atoms with Crippen LogP contribution in [-0.2, 0) is 9.53 Å². The standard InChI is InChI=1S/C6H12N2O.C5H11NO.C2H6/c1-7-2-4-8(6-9)5-3-7;1-6-2-4-7-5-3-6;1-2/h6H,2-5H2,1H3;2-5H2,1H3;1-2H3. The van der Waals surface area contributed by atoms with Crippen LogP contribution in [0.1, 0.15) is 13.8 Å². The second kappa shape index (κ2) is 11.4. The van der Waals surface area contributed by atoms with Crippen LogP contribution in [0.4, 0.5) is 0 Å². The summed E-state index contributed by atoms with van der Waals surface area (Å²) in [7, 11) is 4.19. The molecule has 2 heterocycles. The maximum atomic E-state index is 10.2. The predicted octanol–water partition coefficient (Wildman–Crippen LogP) is 0.365. The zero-order chi connectivity index (χ0) is 13.8. The largest absolute Gasteiger partial charge is 0.379 e. The lowest BCUT2D eigenvalue weighted by molar-refractivity contribution is -0.119. The van der Waals surface area contributed by atoms with E-state index in [1.165, 1.54) is 0 Å². The van der Waals surface area contributed by atoms with Crippen molar-refractivity contribution in [3.05, 3.63) is 0 Å². The molecular formula is C13H29N3O2. The summed E-state index contributed by atoms with van der Waals surface area (Å²) >= 11 is 0. The molecule has 0 radical (unpaired) electrons. The predicted molar refractivity (Wildman–Crippen MR) is 74.8 cm³/mol. The highest BCUT2D eigenvalue weighted by molar-refractivity contribution is 5.47. The third kappa shape index (κ3) is 8.44. The lowest BCUT2D eigenvalue weighted by Crippen LogP contribution is -2.43. The van der Waals surface area contributed by atoms with Gasteiger partial charge in [0, 0.05) is 39.3 Å². The number of carbonyl (C=O) groups is 1. The molecule has 2 aliphatic heterocycles. The molecule has 5 nitrogen and oxygen atoms in total. The highest BCUT2D eigenvalue weighted by Crippen LogP contribution is 1.94. The Morgan fingerprint density at radius 2 is 1.28 bits per heavy atom. The highest BCUT2D eigenvalue weighted by Gasteiger charge is 2.10. The van der Waals surface area contributed by atoms with Crippen LogP contribution >= 0.6 is 0 Å². The molecule has 2 rings (SSSR count). The fraction of sp³-hybridized carbons (Fsp3) is 0.923. The first-order valence-corrected chi connectivity index (χ1v) is 6.86. The Balaban J connectivity index is 0.000000289. The molecule has 0 aromatic rings. The molecule has 0 bridgehead atoms. The second-order valence-electron chi connectivity index (χ2n) is 4.36. The van der Waals surface area contributed by atoms with E-state index in [9.17, 15) is 4.79 Å². The fourth-order valence-corrected chi connectivity index (χ4v) is 1.58. The van der Waals surface area contributed by atoms with Crippen molar-refractivity contribution in [2.45, 2.75) is 13.8 Å². The van der Waals surface area contributed by atoms with Gasteiger partial charge in [0.2, 0.25) is 6.41 Å². The molecule has 0 N–H and O–H groups in total. The number of rotatable bonds is 1. The Hall–Kier alpha value is -0.650. The number of hydrogen-bond donors (Lipinski definition) is 0. The first-order valence-electron chi connectivity index (χ1n) is 6.86. The van der Waals surface area contributed by atoms with E-state index in [1.54, 1.807) is 4.90 Å². The number of morpholine rings is 1. The van der Waals surface area contributed by atoms with Crippen LogP contribution in [-0.4, -0.2) is 87.7 Å². The Bertz CT molecular complexity index is 189. The minimum atomic E-state index is 0.889. The van der Waals surface area contributed by atoms with Crippen molar-refractivity contribution in [2.75, 3.05) is 66.6 Å². The average Bonchev–Trinajstić information content (AvgIpc) is 2.43. The maximum absolute atomic E-state index is 10.2. The molecule has 0 aromatic heterocycles. The fourth-order valence-electron chi connectivity index (χ4n) is 1.58. The smallest absolute Gasteiger partial charge is 0.209 e. The van der Waals surface area contributed by atoms with E-state index in [4.69, 9.17) is 4.74 Å². The summed E-state index contributed by atoms with van der Waals surface area (Å²) < 4.78 is 5.10. The van der Waals surface area contributed by atoms with Crippen molar-refractivity contribution in [3.63, 3.8) is 0 Å². The Morgan fingerprint density at radius 3 is 1.61 bits per heavy atom. The molecule has 0 unspecified atom stereocenters. The van der Waals surface area contributed by atoms with Gasteiger partial charge in [0.05, 0.1) is 13.2 Å². The van der Waals surface area contributed by atoms with Gasteiger partial charge in [-0.2, -0.15) is 0 Å². The zero-order valence-electron chi connectivity index (χ0n) is 12.4. The Morgan fingerprint density at radius 1 is 0.833 bits per heavy atom. The molecule has 1 amide bonds. The highest BCUT2D eigenvalue weighted by atomic mass is 16.5. The van der Waals surface area contributed by atoms with Crippen molar-refractivity contribution >= 4 is 6.41 Å². The van der Waals surface area contributed by atoms with Crippen LogP contribution in [0.2, 0.25) is 0 Å². The number of ether oxygens (including phenoxy) is 1. The van der Waals surface area contributed by atoms with Crippen molar-refractivity contribution in [1.82, 2.24) is 14.7 Å². The molecule has 2 saturated heterocycles. The lowest BCUT2D eigenvalue weighted by atomic mass is 10.4. The van der Waals surface area contributed by atoms with E-state index in [1.807, 2.05) is 13.8 Å². The Labute approximate surface area is 112 Å². The average molecular weight is 259 g/mol. The number of amides is 1. The monoisotopic (exact) mass is 259 g/mol. The molecule has 0 saturated carbocycles. The molecule has 0 aromatic carbocycles. The molecule has 108 valence electrons. The van der Waals surface area contributed by atoms with Gasteiger partial charge in [-0.05, 0) is 14.1 Å². The third-order valence-corrected chi connectivity index (χ3v) is 2.92. The topological polar surface area (TPSA) is 36.0 Å².